The standard InChI is InChI=1S/C14H19N3O2/c1-3-9(2)16-13(18)8-17-7-10-4-5-11(15)6-12(10)14(17)19/h4-6,9H,3,7-8,15H2,1-2H3,(H,16,18). The van der Waals surface area contributed by atoms with E-state index in [0.717, 1.165) is 12.0 Å². The normalized spacial score (nSPS) is 15.3. The third-order valence-corrected chi connectivity index (χ3v) is 3.37. The second-order valence-electron chi connectivity index (χ2n) is 4.95. The fourth-order valence-electron chi connectivity index (χ4n) is 2.10. The Morgan fingerprint density at radius 1 is 1.53 bits per heavy atom. The molecule has 5 nitrogen and oxygen atoms in total. The maximum atomic E-state index is 12.1. The minimum Gasteiger partial charge on any atom is -0.399 e. The van der Waals surface area contributed by atoms with Crippen LogP contribution >= 0.6 is 0 Å². The molecule has 1 aromatic rings. The smallest absolute Gasteiger partial charge is 0.255 e. The number of benzene rings is 1. The fraction of sp³-hybridized carbons (Fsp3) is 0.429. The highest BCUT2D eigenvalue weighted by molar-refractivity contribution is 6.00. The van der Waals surface area contributed by atoms with E-state index in [0.29, 0.717) is 17.8 Å². The van der Waals surface area contributed by atoms with Gasteiger partial charge in [0.05, 0.1) is 0 Å². The number of hydrogen-bond donors (Lipinski definition) is 2. The summed E-state index contributed by atoms with van der Waals surface area (Å²) >= 11 is 0. The van der Waals surface area contributed by atoms with E-state index in [1.54, 1.807) is 17.0 Å². The molecule has 2 rings (SSSR count). The number of fused-ring (bicyclic) bond motifs is 1. The van der Waals surface area contributed by atoms with Crippen molar-refractivity contribution < 1.29 is 9.59 Å². The van der Waals surface area contributed by atoms with Gasteiger partial charge in [0, 0.05) is 23.8 Å². The Kier molecular flexibility index (Phi) is 3.74. The van der Waals surface area contributed by atoms with Crippen molar-refractivity contribution in [2.24, 2.45) is 0 Å². The quantitative estimate of drug-likeness (QED) is 0.798. The molecule has 2 amide bonds. The Labute approximate surface area is 112 Å². The number of nitrogens with two attached hydrogens (primary N) is 1. The lowest BCUT2D eigenvalue weighted by molar-refractivity contribution is -0.122. The molecule has 0 spiro atoms. The van der Waals surface area contributed by atoms with E-state index in [-0.39, 0.29) is 24.4 Å². The zero-order chi connectivity index (χ0) is 14.0. The molecule has 1 aliphatic heterocycles. The van der Waals surface area contributed by atoms with Crippen molar-refractivity contribution in [3.63, 3.8) is 0 Å². The molecule has 0 saturated carbocycles. The van der Waals surface area contributed by atoms with Gasteiger partial charge in [0.1, 0.15) is 6.54 Å². The second-order valence-corrected chi connectivity index (χ2v) is 4.95. The predicted molar refractivity (Wildman–Crippen MR) is 73.5 cm³/mol. The van der Waals surface area contributed by atoms with Gasteiger partial charge in [-0.25, -0.2) is 0 Å². The molecule has 0 radical (unpaired) electrons. The molecule has 19 heavy (non-hydrogen) atoms. The van der Waals surface area contributed by atoms with E-state index >= 15 is 0 Å². The summed E-state index contributed by atoms with van der Waals surface area (Å²) in [7, 11) is 0. The van der Waals surface area contributed by atoms with Crippen LogP contribution in [0.3, 0.4) is 0 Å². The van der Waals surface area contributed by atoms with E-state index in [2.05, 4.69) is 5.32 Å². The molecule has 0 aliphatic carbocycles. The number of rotatable bonds is 4. The Bertz CT molecular complexity index is 513. The topological polar surface area (TPSA) is 75.4 Å². The molecule has 1 heterocycles. The highest BCUT2D eigenvalue weighted by atomic mass is 16.2. The average molecular weight is 261 g/mol. The Balaban J connectivity index is 2.02. The Hall–Kier alpha value is -2.04. The summed E-state index contributed by atoms with van der Waals surface area (Å²) in [6.07, 6.45) is 0.871. The monoisotopic (exact) mass is 261 g/mol. The molecule has 0 aromatic heterocycles. The van der Waals surface area contributed by atoms with E-state index < -0.39 is 0 Å². The van der Waals surface area contributed by atoms with Gasteiger partial charge in [-0.3, -0.25) is 9.59 Å². The van der Waals surface area contributed by atoms with Crippen molar-refractivity contribution in [3.05, 3.63) is 29.3 Å². The summed E-state index contributed by atoms with van der Waals surface area (Å²) in [5, 5.41) is 2.86. The van der Waals surface area contributed by atoms with Gasteiger partial charge in [-0.05, 0) is 31.0 Å². The number of anilines is 1. The Morgan fingerprint density at radius 2 is 2.26 bits per heavy atom. The molecule has 1 aromatic carbocycles. The van der Waals surface area contributed by atoms with Crippen molar-refractivity contribution >= 4 is 17.5 Å². The summed E-state index contributed by atoms with van der Waals surface area (Å²) < 4.78 is 0. The Morgan fingerprint density at radius 3 is 2.95 bits per heavy atom. The summed E-state index contributed by atoms with van der Waals surface area (Å²) in [5.74, 6) is -0.245. The fourth-order valence-corrected chi connectivity index (χ4v) is 2.10. The summed E-state index contributed by atoms with van der Waals surface area (Å²) in [6.45, 7) is 4.52. The first-order valence-corrected chi connectivity index (χ1v) is 6.48. The maximum absolute atomic E-state index is 12.1. The SMILES string of the molecule is CCC(C)NC(=O)CN1Cc2ccc(N)cc2C1=O. The van der Waals surface area contributed by atoms with Gasteiger partial charge < -0.3 is 16.0 Å². The average Bonchev–Trinajstić information content (AvgIpc) is 2.66. The third kappa shape index (κ3) is 2.86. The first-order chi connectivity index (χ1) is 9.01. The van der Waals surface area contributed by atoms with Crippen LogP contribution in [0.15, 0.2) is 18.2 Å². The number of nitrogens with one attached hydrogen (secondary N) is 1. The van der Waals surface area contributed by atoms with Gasteiger partial charge in [0.25, 0.3) is 5.91 Å². The van der Waals surface area contributed by atoms with Crippen molar-refractivity contribution in [3.8, 4) is 0 Å². The van der Waals surface area contributed by atoms with Crippen LogP contribution in [0, 0.1) is 0 Å². The molecular weight excluding hydrogens is 242 g/mol. The molecule has 102 valence electrons. The van der Waals surface area contributed by atoms with Crippen molar-refractivity contribution in [1.29, 1.82) is 0 Å². The highest BCUT2D eigenvalue weighted by Gasteiger charge is 2.28. The number of carbonyl (C=O) groups is 2. The van der Waals surface area contributed by atoms with Crippen LogP contribution in [0.4, 0.5) is 5.69 Å². The van der Waals surface area contributed by atoms with Crippen LogP contribution in [-0.2, 0) is 11.3 Å². The van der Waals surface area contributed by atoms with Crippen LogP contribution in [0.5, 0.6) is 0 Å². The van der Waals surface area contributed by atoms with E-state index in [4.69, 9.17) is 5.73 Å². The predicted octanol–water partition coefficient (Wildman–Crippen LogP) is 1.14. The third-order valence-electron chi connectivity index (χ3n) is 3.37. The largest absolute Gasteiger partial charge is 0.399 e. The number of carbonyl (C=O) groups excluding carboxylic acids is 2. The number of nitrogen functional groups attached to an aromatic ring is 1. The number of amides is 2. The van der Waals surface area contributed by atoms with Crippen LogP contribution in [0.25, 0.3) is 0 Å². The molecule has 0 fully saturated rings. The minimum atomic E-state index is -0.124. The molecule has 5 heteroatoms. The van der Waals surface area contributed by atoms with E-state index in [1.807, 2.05) is 19.9 Å². The lowest BCUT2D eigenvalue weighted by Gasteiger charge is -2.17. The van der Waals surface area contributed by atoms with E-state index in [1.165, 1.54) is 0 Å². The zero-order valence-corrected chi connectivity index (χ0v) is 11.3. The van der Waals surface area contributed by atoms with Crippen molar-refractivity contribution in [1.82, 2.24) is 10.2 Å². The summed E-state index contributed by atoms with van der Waals surface area (Å²) in [4.78, 5) is 25.5. The van der Waals surface area contributed by atoms with Gasteiger partial charge in [0.2, 0.25) is 5.91 Å². The van der Waals surface area contributed by atoms with Gasteiger partial charge in [0.15, 0.2) is 0 Å². The van der Waals surface area contributed by atoms with Crippen LogP contribution in [-0.4, -0.2) is 29.3 Å². The van der Waals surface area contributed by atoms with E-state index in [9.17, 15) is 9.59 Å². The first kappa shape index (κ1) is 13.4. The van der Waals surface area contributed by atoms with Crippen molar-refractivity contribution in [2.75, 3.05) is 12.3 Å². The number of nitrogens with zero attached hydrogens (tertiary/aromatic N) is 1. The molecule has 0 saturated heterocycles. The minimum absolute atomic E-state index is 0.0950. The highest BCUT2D eigenvalue weighted by Crippen LogP contribution is 2.24. The lowest BCUT2D eigenvalue weighted by atomic mass is 10.1. The molecule has 0 bridgehead atoms. The molecule has 1 unspecified atom stereocenters. The van der Waals surface area contributed by atoms with Gasteiger partial charge in [-0.15, -0.1) is 0 Å². The lowest BCUT2D eigenvalue weighted by Crippen LogP contribution is -2.40. The zero-order valence-electron chi connectivity index (χ0n) is 11.3. The second kappa shape index (κ2) is 5.30. The molecule has 1 atom stereocenters. The molecule has 3 N–H and O–H groups in total. The van der Waals surface area contributed by atoms with Gasteiger partial charge >= 0.3 is 0 Å². The van der Waals surface area contributed by atoms with Crippen LogP contribution in [0.1, 0.15) is 36.2 Å². The van der Waals surface area contributed by atoms with Crippen LogP contribution in [0.2, 0.25) is 0 Å². The first-order valence-electron chi connectivity index (χ1n) is 6.48. The summed E-state index contributed by atoms with van der Waals surface area (Å²) in [5.41, 5.74) is 7.78. The maximum Gasteiger partial charge on any atom is 0.255 e. The molecular formula is C14H19N3O2. The van der Waals surface area contributed by atoms with Gasteiger partial charge in [-0.1, -0.05) is 13.0 Å². The van der Waals surface area contributed by atoms with Crippen molar-refractivity contribution in [2.45, 2.75) is 32.9 Å². The summed E-state index contributed by atoms with van der Waals surface area (Å²) in [6, 6.07) is 5.41. The van der Waals surface area contributed by atoms with Gasteiger partial charge in [-0.2, -0.15) is 0 Å². The van der Waals surface area contributed by atoms with Crippen LogP contribution < -0.4 is 11.1 Å². The molecule has 1 aliphatic rings. The number of hydrogen-bond acceptors (Lipinski definition) is 3.